The molecule has 1 saturated carbocycles. The fraction of sp³-hybridized carbons (Fsp3) is 0.500. The van der Waals surface area contributed by atoms with Crippen LogP contribution in [0.5, 0.6) is 0 Å². The molecule has 0 aromatic carbocycles. The molecule has 0 aromatic heterocycles. The van der Waals surface area contributed by atoms with Crippen molar-refractivity contribution in [3.63, 3.8) is 0 Å². The van der Waals surface area contributed by atoms with Gasteiger partial charge in [0.05, 0.1) is 5.97 Å². The first-order valence-electron chi connectivity index (χ1n) is 3.29. The maximum atomic E-state index is 10.1. The molecule has 11 heteroatoms. The molecule has 0 aromatic rings. The van der Waals surface area contributed by atoms with Gasteiger partial charge in [-0.05, 0) is 12.8 Å². The zero-order valence-electron chi connectivity index (χ0n) is 10.6. The van der Waals surface area contributed by atoms with Crippen LogP contribution in [0.25, 0.3) is 0 Å². The topological polar surface area (TPSA) is 126 Å². The summed E-state index contributed by atoms with van der Waals surface area (Å²) in [4.78, 5) is 10.1. The van der Waals surface area contributed by atoms with E-state index < -0.39 is 31.4 Å². The van der Waals surface area contributed by atoms with Gasteiger partial charge < -0.3 is 9.90 Å². The second-order valence-electron chi connectivity index (χ2n) is 2.59. The summed E-state index contributed by atoms with van der Waals surface area (Å²) in [6.07, 6.45) is 2.88. The second-order valence-corrected chi connectivity index (χ2v) is 5.15. The number of carboxylic acid groups (broad SMARTS) is 1. The summed E-state index contributed by atoms with van der Waals surface area (Å²) >= 11 is -6.10. The number of hydrogen-bond acceptors (Lipinski definition) is 6. The number of rotatable bonds is 2. The summed E-state index contributed by atoms with van der Waals surface area (Å²) in [5.74, 6) is -0.979. The molecular weight excluding hydrogens is 382 g/mol. The molecule has 1 aliphatic carbocycles. The SMILES string of the molecule is C=CC1(C(=O)[O-])CC1.[Na+].[Na+].[Na+].[Na+].[O]=[Sb]([O-])([O-])[O-]. The molecule has 1 aliphatic rings. The van der Waals surface area contributed by atoms with Gasteiger partial charge in [0, 0.05) is 5.41 Å². The van der Waals surface area contributed by atoms with Gasteiger partial charge in [-0.1, -0.05) is 6.08 Å². The van der Waals surface area contributed by atoms with E-state index in [1.165, 1.54) is 6.08 Å². The monoisotopic (exact) mass is 388 g/mol. The molecule has 0 heterocycles. The van der Waals surface area contributed by atoms with E-state index in [-0.39, 0.29) is 118 Å². The number of carbonyl (C=O) groups excluding carboxylic acids is 1. The van der Waals surface area contributed by atoms with Gasteiger partial charge in [0.25, 0.3) is 0 Å². The number of aliphatic carboxylic acids is 1. The Balaban J connectivity index is -0.0000000489. The summed E-state index contributed by atoms with van der Waals surface area (Å²) in [5, 5.41) is 10.1. The number of carboxylic acids is 1. The van der Waals surface area contributed by atoms with Crippen LogP contribution in [0.15, 0.2) is 12.7 Å². The van der Waals surface area contributed by atoms with E-state index in [2.05, 4.69) is 6.58 Å². The van der Waals surface area contributed by atoms with E-state index in [9.17, 15) is 9.90 Å². The third kappa shape index (κ3) is 19.7. The molecule has 0 saturated heterocycles. The third-order valence-electron chi connectivity index (χ3n) is 1.59. The molecule has 1 rings (SSSR count). The van der Waals surface area contributed by atoms with Gasteiger partial charge in [-0.25, -0.2) is 0 Å². The van der Waals surface area contributed by atoms with Crippen molar-refractivity contribution in [2.75, 3.05) is 0 Å². The van der Waals surface area contributed by atoms with Crippen molar-refractivity contribution in [3.8, 4) is 0 Å². The van der Waals surface area contributed by atoms with Crippen LogP contribution in [0.3, 0.4) is 0 Å². The zero-order chi connectivity index (χ0) is 10.7. The normalized spacial score (nSPS) is 13.8. The first-order chi connectivity index (χ1) is 5.71. The Morgan fingerprint density at radius 3 is 1.35 bits per heavy atom. The summed E-state index contributed by atoms with van der Waals surface area (Å²) in [6, 6.07) is 0. The Kier molecular flexibility index (Phi) is 28.1. The van der Waals surface area contributed by atoms with E-state index in [0.29, 0.717) is 12.8 Å². The molecule has 6 nitrogen and oxygen atoms in total. The van der Waals surface area contributed by atoms with E-state index >= 15 is 0 Å². The predicted octanol–water partition coefficient (Wildman–Crippen LogP) is -16.3. The van der Waals surface area contributed by atoms with Crippen LogP contribution in [0.2, 0.25) is 0 Å². The minimum absolute atomic E-state index is 0. The summed E-state index contributed by atoms with van der Waals surface area (Å²) in [6.45, 7) is 3.40. The van der Waals surface area contributed by atoms with Gasteiger partial charge in [-0.2, -0.15) is 0 Å². The molecule has 0 radical (unpaired) electrons. The predicted molar refractivity (Wildman–Crippen MR) is 33.3 cm³/mol. The molecule has 0 atom stereocenters. The molecule has 0 bridgehead atoms. The van der Waals surface area contributed by atoms with Crippen LogP contribution < -0.4 is 133 Å². The Bertz CT molecular complexity index is 255. The van der Waals surface area contributed by atoms with Crippen molar-refractivity contribution in [2.24, 2.45) is 5.41 Å². The van der Waals surface area contributed by atoms with Gasteiger partial charge in [-0.3, -0.25) is 0 Å². The maximum absolute atomic E-state index is 10.1. The summed E-state index contributed by atoms with van der Waals surface area (Å²) in [7, 11) is 0. The third-order valence-corrected chi connectivity index (χ3v) is 1.59. The van der Waals surface area contributed by atoms with Gasteiger partial charge in [0.2, 0.25) is 0 Å². The molecule has 0 amide bonds. The van der Waals surface area contributed by atoms with Gasteiger partial charge in [0.15, 0.2) is 0 Å². The van der Waals surface area contributed by atoms with E-state index in [0.717, 1.165) is 0 Å². The van der Waals surface area contributed by atoms with Crippen molar-refractivity contribution in [1.29, 1.82) is 0 Å². The van der Waals surface area contributed by atoms with Crippen LogP contribution in [-0.4, -0.2) is 26.0 Å². The molecule has 0 aliphatic heterocycles. The van der Waals surface area contributed by atoms with Crippen molar-refractivity contribution < 1.29 is 141 Å². The standard InChI is InChI=1S/C6H8O2.4Na.4O.Sb/c1-2-6(3-4-6)5(7)8;;;;;;;;;/h2H,1,3-4H2,(H,7,8);;;;;;;;;/q;4*+1;;3*-1;/p-1. The van der Waals surface area contributed by atoms with Crippen molar-refractivity contribution in [1.82, 2.24) is 0 Å². The van der Waals surface area contributed by atoms with Gasteiger partial charge >= 0.3 is 151 Å². The van der Waals surface area contributed by atoms with E-state index in [1.807, 2.05) is 0 Å². The van der Waals surface area contributed by atoms with Crippen LogP contribution >= 0.6 is 0 Å². The molecule has 76 valence electrons. The van der Waals surface area contributed by atoms with Crippen LogP contribution in [0.1, 0.15) is 12.8 Å². The average molecular weight is 389 g/mol. The fourth-order valence-corrected chi connectivity index (χ4v) is 0.626. The molecule has 0 N–H and O–H groups in total. The van der Waals surface area contributed by atoms with Crippen LogP contribution in [0, 0.1) is 5.41 Å². The van der Waals surface area contributed by atoms with Gasteiger partial charge in [0.1, 0.15) is 0 Å². The zero-order valence-corrected chi connectivity index (χ0v) is 21.1. The summed E-state index contributed by atoms with van der Waals surface area (Å²) < 4.78 is 34.6. The van der Waals surface area contributed by atoms with Gasteiger partial charge in [-0.15, -0.1) is 6.58 Å². The second kappa shape index (κ2) is 14.6. The molecule has 1 fully saturated rings. The molecule has 17 heavy (non-hydrogen) atoms. The minimum atomic E-state index is -6.10. The summed E-state index contributed by atoms with van der Waals surface area (Å²) in [5.41, 5.74) is -0.639. The Labute approximate surface area is 194 Å². The first kappa shape index (κ1) is 32.6. The number of carbonyl (C=O) groups is 1. The van der Waals surface area contributed by atoms with Crippen molar-refractivity contribution in [3.05, 3.63) is 12.7 Å². The first-order valence-corrected chi connectivity index (χ1v) is 7.46. The Morgan fingerprint density at radius 1 is 1.12 bits per heavy atom. The molecular formula is C6H7Na4O6Sb. The van der Waals surface area contributed by atoms with Crippen molar-refractivity contribution >= 4 is 26.0 Å². The molecule has 0 unspecified atom stereocenters. The van der Waals surface area contributed by atoms with E-state index in [4.69, 9.17) is 13.2 Å². The Morgan fingerprint density at radius 2 is 1.35 bits per heavy atom. The average Bonchev–Trinajstić information content (AvgIpc) is 2.62. The van der Waals surface area contributed by atoms with Crippen LogP contribution in [0.4, 0.5) is 0 Å². The quantitative estimate of drug-likeness (QED) is 0.341. The van der Waals surface area contributed by atoms with Crippen LogP contribution in [-0.2, 0) is 7.81 Å². The molecule has 0 spiro atoms. The fourth-order valence-electron chi connectivity index (χ4n) is 0.626. The van der Waals surface area contributed by atoms with Crippen molar-refractivity contribution in [2.45, 2.75) is 12.8 Å². The Hall–Kier alpha value is 3.71. The van der Waals surface area contributed by atoms with E-state index in [1.54, 1.807) is 0 Å². The number of hydrogen-bond donors (Lipinski definition) is 0.